The molecule has 0 saturated heterocycles. The Balaban J connectivity index is 2.31. The monoisotopic (exact) mass is 252 g/mol. The average Bonchev–Trinajstić information content (AvgIpc) is 2.20. The number of hydrogen-bond acceptors (Lipinski definition) is 3. The molecular formula is C9H11Cl2FN2O. The van der Waals surface area contributed by atoms with Crippen molar-refractivity contribution in [2.24, 2.45) is 0 Å². The molecule has 1 aromatic heterocycles. The number of anilines is 1. The van der Waals surface area contributed by atoms with Crippen molar-refractivity contribution in [2.75, 3.05) is 31.0 Å². The topological polar surface area (TPSA) is 34.2 Å². The molecule has 0 amide bonds. The van der Waals surface area contributed by atoms with E-state index in [1.807, 2.05) is 0 Å². The summed E-state index contributed by atoms with van der Waals surface area (Å²) >= 11 is 11.0. The Morgan fingerprint density at radius 2 is 2.27 bits per heavy atom. The molecule has 3 nitrogen and oxygen atoms in total. The minimum absolute atomic E-state index is 0.175. The number of aromatic nitrogens is 1. The third-order valence-electron chi connectivity index (χ3n) is 1.57. The van der Waals surface area contributed by atoms with Gasteiger partial charge in [0.1, 0.15) is 0 Å². The zero-order chi connectivity index (χ0) is 11.1. The van der Waals surface area contributed by atoms with Gasteiger partial charge in [-0.3, -0.25) is 0 Å². The minimum atomic E-state index is -0.472. The van der Waals surface area contributed by atoms with Crippen LogP contribution in [0, 0.1) is 5.82 Å². The van der Waals surface area contributed by atoms with Crippen molar-refractivity contribution in [3.8, 4) is 0 Å². The molecule has 6 heteroatoms. The van der Waals surface area contributed by atoms with E-state index < -0.39 is 5.82 Å². The van der Waals surface area contributed by atoms with Gasteiger partial charge < -0.3 is 10.1 Å². The van der Waals surface area contributed by atoms with Crippen LogP contribution in [0.3, 0.4) is 0 Å². The third-order valence-corrected chi connectivity index (χ3v) is 1.93. The van der Waals surface area contributed by atoms with E-state index in [1.54, 1.807) is 0 Å². The molecule has 0 aromatic carbocycles. The Hall–Kier alpha value is -0.580. The van der Waals surface area contributed by atoms with Gasteiger partial charge in [-0.05, 0) is 6.07 Å². The molecule has 1 N–H and O–H groups in total. The second kappa shape index (κ2) is 6.82. The van der Waals surface area contributed by atoms with E-state index in [-0.39, 0.29) is 10.8 Å². The molecule has 0 radical (unpaired) electrons. The third kappa shape index (κ3) is 4.64. The van der Waals surface area contributed by atoms with Crippen LogP contribution >= 0.6 is 23.2 Å². The van der Waals surface area contributed by atoms with E-state index in [9.17, 15) is 4.39 Å². The number of hydrogen-bond donors (Lipinski definition) is 1. The van der Waals surface area contributed by atoms with Gasteiger partial charge in [0.2, 0.25) is 0 Å². The maximum absolute atomic E-state index is 13.2. The number of ether oxygens (including phenoxy) is 1. The summed E-state index contributed by atoms with van der Waals surface area (Å²) in [7, 11) is 0. The largest absolute Gasteiger partial charge is 0.378 e. The molecule has 0 spiro atoms. The minimum Gasteiger partial charge on any atom is -0.378 e. The summed E-state index contributed by atoms with van der Waals surface area (Å²) in [6.45, 7) is 1.42. The zero-order valence-electron chi connectivity index (χ0n) is 7.97. The van der Waals surface area contributed by atoms with Crippen molar-refractivity contribution in [1.82, 2.24) is 4.98 Å². The lowest BCUT2D eigenvalue weighted by Gasteiger charge is -2.06. The molecule has 0 aliphatic heterocycles. The Kier molecular flexibility index (Phi) is 5.68. The molecule has 0 unspecified atom stereocenters. The number of halogens is 3. The first-order chi connectivity index (χ1) is 7.24. The number of rotatable bonds is 6. The van der Waals surface area contributed by atoms with Crippen LogP contribution in [0.15, 0.2) is 12.3 Å². The number of nitrogens with one attached hydrogen (secondary N) is 1. The zero-order valence-corrected chi connectivity index (χ0v) is 9.48. The maximum atomic E-state index is 13.2. The molecule has 1 rings (SSSR count). The van der Waals surface area contributed by atoms with E-state index >= 15 is 0 Å². The van der Waals surface area contributed by atoms with Gasteiger partial charge in [-0.2, -0.15) is 0 Å². The second-order valence-electron chi connectivity index (χ2n) is 2.71. The fourth-order valence-corrected chi connectivity index (χ4v) is 1.20. The summed E-state index contributed by atoms with van der Waals surface area (Å²) in [5, 5.41) is 3.06. The number of alkyl halides is 1. The van der Waals surface area contributed by atoms with Crippen LogP contribution in [0.4, 0.5) is 10.2 Å². The van der Waals surface area contributed by atoms with Gasteiger partial charge in [-0.1, -0.05) is 11.6 Å². The molecule has 0 atom stereocenters. The first-order valence-corrected chi connectivity index (χ1v) is 5.34. The molecule has 0 fully saturated rings. The van der Waals surface area contributed by atoms with Crippen molar-refractivity contribution in [3.05, 3.63) is 23.1 Å². The quantitative estimate of drug-likeness (QED) is 0.624. The molecule has 1 aromatic rings. The van der Waals surface area contributed by atoms with Crippen LogP contribution in [0.2, 0.25) is 5.02 Å². The number of pyridine rings is 1. The van der Waals surface area contributed by atoms with Gasteiger partial charge in [-0.15, -0.1) is 11.6 Å². The SMILES string of the molecule is Fc1cc(Cl)cnc1NCCOCCCl. The Morgan fingerprint density at radius 1 is 1.47 bits per heavy atom. The van der Waals surface area contributed by atoms with E-state index in [1.165, 1.54) is 12.3 Å². The Bertz CT molecular complexity index is 312. The molecule has 15 heavy (non-hydrogen) atoms. The van der Waals surface area contributed by atoms with Gasteiger partial charge in [0.25, 0.3) is 0 Å². The summed E-state index contributed by atoms with van der Waals surface area (Å²) in [4.78, 5) is 3.80. The molecule has 0 aliphatic carbocycles. The van der Waals surface area contributed by atoms with Crippen LogP contribution in [0.25, 0.3) is 0 Å². The van der Waals surface area contributed by atoms with Crippen molar-refractivity contribution in [1.29, 1.82) is 0 Å². The molecular weight excluding hydrogens is 242 g/mol. The fraction of sp³-hybridized carbons (Fsp3) is 0.444. The Morgan fingerprint density at radius 3 is 2.93 bits per heavy atom. The molecule has 1 heterocycles. The van der Waals surface area contributed by atoms with E-state index in [4.69, 9.17) is 27.9 Å². The first-order valence-electron chi connectivity index (χ1n) is 4.42. The highest BCUT2D eigenvalue weighted by molar-refractivity contribution is 6.30. The molecule has 0 bridgehead atoms. The van der Waals surface area contributed by atoms with E-state index in [0.29, 0.717) is 25.6 Å². The molecule has 0 aliphatic rings. The van der Waals surface area contributed by atoms with Crippen molar-refractivity contribution in [3.63, 3.8) is 0 Å². The number of nitrogens with zero attached hydrogens (tertiary/aromatic N) is 1. The summed E-state index contributed by atoms with van der Waals surface area (Å²) in [6.07, 6.45) is 1.38. The van der Waals surface area contributed by atoms with Crippen molar-refractivity contribution < 1.29 is 9.13 Å². The van der Waals surface area contributed by atoms with E-state index in [2.05, 4.69) is 10.3 Å². The predicted molar refractivity (Wildman–Crippen MR) is 59.2 cm³/mol. The normalized spacial score (nSPS) is 10.3. The van der Waals surface area contributed by atoms with Crippen LogP contribution in [0.5, 0.6) is 0 Å². The van der Waals surface area contributed by atoms with Crippen LogP contribution in [-0.4, -0.2) is 30.6 Å². The van der Waals surface area contributed by atoms with E-state index in [0.717, 1.165) is 0 Å². The van der Waals surface area contributed by atoms with Crippen LogP contribution in [0.1, 0.15) is 0 Å². The molecule has 84 valence electrons. The fourth-order valence-electron chi connectivity index (χ4n) is 0.943. The van der Waals surface area contributed by atoms with Gasteiger partial charge >= 0.3 is 0 Å². The summed E-state index contributed by atoms with van der Waals surface area (Å²) < 4.78 is 18.3. The summed E-state index contributed by atoms with van der Waals surface area (Å²) in [5.74, 6) is 0.154. The standard InChI is InChI=1S/C9H11Cl2FN2O/c10-1-3-15-4-2-13-9-8(12)5-7(11)6-14-9/h5-6H,1-4H2,(H,13,14). The van der Waals surface area contributed by atoms with Crippen molar-refractivity contribution >= 4 is 29.0 Å². The highest BCUT2D eigenvalue weighted by Gasteiger charge is 2.02. The van der Waals surface area contributed by atoms with Crippen LogP contribution in [-0.2, 0) is 4.74 Å². The predicted octanol–water partition coefficient (Wildman–Crippen LogP) is 2.54. The van der Waals surface area contributed by atoms with Crippen LogP contribution < -0.4 is 5.32 Å². The van der Waals surface area contributed by atoms with Crippen molar-refractivity contribution in [2.45, 2.75) is 0 Å². The average molecular weight is 253 g/mol. The lowest BCUT2D eigenvalue weighted by molar-refractivity contribution is 0.160. The second-order valence-corrected chi connectivity index (χ2v) is 3.53. The lowest BCUT2D eigenvalue weighted by Crippen LogP contribution is -2.12. The first kappa shape index (κ1) is 12.5. The van der Waals surface area contributed by atoms with Gasteiger partial charge in [0.05, 0.1) is 18.2 Å². The smallest absolute Gasteiger partial charge is 0.166 e. The highest BCUT2D eigenvalue weighted by Crippen LogP contribution is 2.14. The summed E-state index contributed by atoms with van der Waals surface area (Å²) in [6, 6.07) is 1.20. The maximum Gasteiger partial charge on any atom is 0.166 e. The Labute approximate surface area is 97.5 Å². The lowest BCUT2D eigenvalue weighted by atomic mass is 10.4. The van der Waals surface area contributed by atoms with Gasteiger partial charge in [0.15, 0.2) is 11.6 Å². The van der Waals surface area contributed by atoms with Gasteiger partial charge in [0, 0.05) is 18.6 Å². The van der Waals surface area contributed by atoms with Gasteiger partial charge in [-0.25, -0.2) is 9.37 Å². The molecule has 0 saturated carbocycles. The highest BCUT2D eigenvalue weighted by atomic mass is 35.5. The summed E-state index contributed by atoms with van der Waals surface area (Å²) in [5.41, 5.74) is 0.